The Morgan fingerprint density at radius 1 is 1.53 bits per heavy atom. The number of rotatable bonds is 5. The second-order valence-electron chi connectivity index (χ2n) is 4.80. The van der Waals surface area contributed by atoms with E-state index in [2.05, 4.69) is 5.32 Å². The highest BCUT2D eigenvalue weighted by Crippen LogP contribution is 2.32. The van der Waals surface area contributed by atoms with Crippen LogP contribution < -0.4 is 11.1 Å². The van der Waals surface area contributed by atoms with E-state index in [1.54, 1.807) is 0 Å². The van der Waals surface area contributed by atoms with Crippen LogP contribution in [0, 0.1) is 5.92 Å². The predicted molar refractivity (Wildman–Crippen MR) is 69.1 cm³/mol. The third-order valence-electron chi connectivity index (χ3n) is 3.20. The molecule has 3 N–H and O–H groups in total. The van der Waals surface area contributed by atoms with Gasteiger partial charge in [-0.25, -0.2) is 0 Å². The fourth-order valence-corrected chi connectivity index (χ4v) is 2.02. The molecule has 1 aromatic carbocycles. The molecule has 1 atom stereocenters. The van der Waals surface area contributed by atoms with E-state index in [0.717, 1.165) is 18.9 Å². The van der Waals surface area contributed by atoms with Gasteiger partial charge in [0.1, 0.15) is 0 Å². The maximum atomic E-state index is 13.9. The van der Waals surface area contributed by atoms with E-state index in [1.807, 2.05) is 0 Å². The van der Waals surface area contributed by atoms with Crippen molar-refractivity contribution in [2.45, 2.75) is 24.8 Å². The van der Waals surface area contributed by atoms with Gasteiger partial charge in [-0.2, -0.15) is 8.78 Å². The highest BCUT2D eigenvalue weighted by Gasteiger charge is 2.41. The Morgan fingerprint density at radius 2 is 2.21 bits per heavy atom. The van der Waals surface area contributed by atoms with Crippen molar-refractivity contribution >= 4 is 17.5 Å². The van der Waals surface area contributed by atoms with Gasteiger partial charge >= 0.3 is 5.92 Å². The molecule has 0 saturated heterocycles. The summed E-state index contributed by atoms with van der Waals surface area (Å²) in [4.78, 5) is 11.6. The van der Waals surface area contributed by atoms with Gasteiger partial charge in [0.25, 0.3) is 5.91 Å². The first-order valence-corrected chi connectivity index (χ1v) is 6.47. The molecule has 1 amide bonds. The highest BCUT2D eigenvalue weighted by molar-refractivity contribution is 6.30. The predicted octanol–water partition coefficient (Wildman–Crippen LogP) is 2.29. The van der Waals surface area contributed by atoms with Crippen LogP contribution in [0.1, 0.15) is 18.4 Å². The van der Waals surface area contributed by atoms with E-state index in [1.165, 1.54) is 18.2 Å². The quantitative estimate of drug-likeness (QED) is 0.873. The molecule has 0 aromatic heterocycles. The summed E-state index contributed by atoms with van der Waals surface area (Å²) in [6.45, 7) is 0.0691. The molecule has 104 valence electrons. The van der Waals surface area contributed by atoms with E-state index < -0.39 is 17.4 Å². The first-order valence-electron chi connectivity index (χ1n) is 6.09. The smallest absolute Gasteiger partial charge is 0.349 e. The molecule has 0 spiro atoms. The van der Waals surface area contributed by atoms with Crippen LogP contribution in [0.5, 0.6) is 0 Å². The lowest BCUT2D eigenvalue weighted by molar-refractivity contribution is -0.147. The van der Waals surface area contributed by atoms with Gasteiger partial charge < -0.3 is 11.1 Å². The van der Waals surface area contributed by atoms with Gasteiger partial charge in [0, 0.05) is 23.2 Å². The van der Waals surface area contributed by atoms with E-state index in [-0.39, 0.29) is 17.6 Å². The average molecular weight is 289 g/mol. The van der Waals surface area contributed by atoms with E-state index >= 15 is 0 Å². The zero-order valence-corrected chi connectivity index (χ0v) is 11.0. The summed E-state index contributed by atoms with van der Waals surface area (Å²) >= 11 is 5.65. The molecule has 1 aromatic rings. The van der Waals surface area contributed by atoms with Crippen LogP contribution in [0.25, 0.3) is 0 Å². The molecular formula is C13H15ClF2N2O. The second-order valence-corrected chi connectivity index (χ2v) is 5.23. The molecule has 6 heteroatoms. The number of benzene rings is 1. The summed E-state index contributed by atoms with van der Waals surface area (Å²) in [6, 6.07) is 4.87. The first-order chi connectivity index (χ1) is 8.91. The van der Waals surface area contributed by atoms with Crippen molar-refractivity contribution in [3.05, 3.63) is 34.9 Å². The number of carbonyl (C=O) groups excluding carboxylic acids is 1. The largest absolute Gasteiger partial charge is 0.349 e. The molecule has 2 rings (SSSR count). The Kier molecular flexibility index (Phi) is 4.06. The van der Waals surface area contributed by atoms with Crippen molar-refractivity contribution in [3.8, 4) is 0 Å². The molecular weight excluding hydrogens is 274 g/mol. The van der Waals surface area contributed by atoms with Crippen LogP contribution in [0.2, 0.25) is 5.02 Å². The summed E-state index contributed by atoms with van der Waals surface area (Å²) in [7, 11) is 0. The minimum Gasteiger partial charge on any atom is -0.349 e. The molecule has 0 radical (unpaired) electrons. The minimum atomic E-state index is -3.60. The highest BCUT2D eigenvalue weighted by atomic mass is 35.5. The molecule has 1 fully saturated rings. The third-order valence-corrected chi connectivity index (χ3v) is 3.43. The Bertz CT molecular complexity index is 477. The lowest BCUT2D eigenvalue weighted by Gasteiger charge is -2.18. The van der Waals surface area contributed by atoms with Crippen LogP contribution in [-0.2, 0) is 10.7 Å². The number of carbonyl (C=O) groups is 1. The Balaban J connectivity index is 1.99. The second kappa shape index (κ2) is 5.43. The maximum Gasteiger partial charge on any atom is 0.349 e. The minimum absolute atomic E-state index is 0.0691. The molecule has 1 aliphatic carbocycles. The molecule has 1 aliphatic rings. The molecule has 19 heavy (non-hydrogen) atoms. The van der Waals surface area contributed by atoms with Crippen molar-refractivity contribution in [3.63, 3.8) is 0 Å². The van der Waals surface area contributed by atoms with E-state index in [4.69, 9.17) is 17.3 Å². The van der Waals surface area contributed by atoms with Crippen molar-refractivity contribution in [1.82, 2.24) is 5.32 Å². The van der Waals surface area contributed by atoms with Gasteiger partial charge in [0.15, 0.2) is 0 Å². The molecule has 1 saturated carbocycles. The zero-order valence-electron chi connectivity index (χ0n) is 10.2. The van der Waals surface area contributed by atoms with Crippen molar-refractivity contribution in [2.24, 2.45) is 11.7 Å². The summed E-state index contributed by atoms with van der Waals surface area (Å²) in [5, 5.41) is 2.37. The monoisotopic (exact) mass is 288 g/mol. The van der Waals surface area contributed by atoms with E-state index in [0.29, 0.717) is 5.92 Å². The van der Waals surface area contributed by atoms with E-state index in [9.17, 15) is 13.6 Å². The molecule has 1 unspecified atom stereocenters. The van der Waals surface area contributed by atoms with Crippen LogP contribution >= 0.6 is 11.6 Å². The van der Waals surface area contributed by atoms with Crippen molar-refractivity contribution < 1.29 is 13.6 Å². The van der Waals surface area contributed by atoms with Gasteiger partial charge in [0.2, 0.25) is 0 Å². The van der Waals surface area contributed by atoms with Gasteiger partial charge in [-0.3, -0.25) is 4.79 Å². The number of nitrogens with one attached hydrogen (secondary N) is 1. The lowest BCUT2D eigenvalue weighted by atomic mass is 10.1. The molecule has 0 heterocycles. The number of nitrogens with two attached hydrogens (primary N) is 1. The van der Waals surface area contributed by atoms with Crippen LogP contribution in [-0.4, -0.2) is 18.5 Å². The average Bonchev–Trinajstić information content (AvgIpc) is 3.19. The number of amides is 1. The summed E-state index contributed by atoms with van der Waals surface area (Å²) in [6.07, 6.45) is 2.00. The number of hydrogen-bond acceptors (Lipinski definition) is 2. The van der Waals surface area contributed by atoms with Crippen LogP contribution in [0.4, 0.5) is 8.78 Å². The van der Waals surface area contributed by atoms with Gasteiger partial charge in [-0.1, -0.05) is 23.7 Å². The molecule has 3 nitrogen and oxygen atoms in total. The first kappa shape index (κ1) is 14.2. The fourth-order valence-electron chi connectivity index (χ4n) is 1.83. The molecule has 0 aliphatic heterocycles. The van der Waals surface area contributed by atoms with Gasteiger partial charge in [0.05, 0.1) is 0 Å². The molecule has 0 bridgehead atoms. The third kappa shape index (κ3) is 3.42. The summed E-state index contributed by atoms with van der Waals surface area (Å²) in [5.41, 5.74) is 5.33. The van der Waals surface area contributed by atoms with Crippen LogP contribution in [0.15, 0.2) is 24.3 Å². The Labute approximate surface area is 115 Å². The maximum absolute atomic E-state index is 13.9. The number of hydrogen-bond donors (Lipinski definition) is 2. The zero-order chi connectivity index (χ0) is 14.0. The van der Waals surface area contributed by atoms with Crippen molar-refractivity contribution in [1.29, 1.82) is 0 Å². The summed E-state index contributed by atoms with van der Waals surface area (Å²) < 4.78 is 27.8. The standard InChI is InChI=1S/C13H15ClF2N2O/c14-10-3-1-2-9(6-10)13(15,16)12(19)18-7-11(17)8-4-5-8/h1-3,6,8,11H,4-5,7,17H2,(H,18,19). The number of halogens is 3. The van der Waals surface area contributed by atoms with Gasteiger partial charge in [-0.05, 0) is 30.9 Å². The Hall–Kier alpha value is -1.20. The van der Waals surface area contributed by atoms with Gasteiger partial charge in [-0.15, -0.1) is 0 Å². The van der Waals surface area contributed by atoms with Crippen LogP contribution in [0.3, 0.4) is 0 Å². The summed E-state index contributed by atoms with van der Waals surface area (Å²) in [5.74, 6) is -4.60. The topological polar surface area (TPSA) is 55.1 Å². The lowest BCUT2D eigenvalue weighted by Crippen LogP contribution is -2.44. The Morgan fingerprint density at radius 3 is 2.79 bits per heavy atom. The van der Waals surface area contributed by atoms with Crippen molar-refractivity contribution in [2.75, 3.05) is 6.54 Å². The SMILES string of the molecule is NC(CNC(=O)C(F)(F)c1cccc(Cl)c1)C1CC1. The normalized spacial score (nSPS) is 17.1. The number of alkyl halides is 2. The fraction of sp³-hybridized carbons (Fsp3) is 0.462.